The van der Waals surface area contributed by atoms with Gasteiger partial charge in [-0.05, 0) is 33.2 Å². The van der Waals surface area contributed by atoms with Gasteiger partial charge in [0.05, 0.1) is 12.2 Å². The molecule has 0 radical (unpaired) electrons. The second kappa shape index (κ2) is 7.99. The second-order valence-electron chi connectivity index (χ2n) is 6.94. The molecule has 0 N–H and O–H groups in total. The minimum atomic E-state index is 0.0395. The first-order valence-corrected chi connectivity index (χ1v) is 9.23. The molecule has 8 nitrogen and oxygen atoms in total. The van der Waals surface area contributed by atoms with Gasteiger partial charge in [0.25, 0.3) is 5.91 Å². The number of likely N-dealkylation sites (tertiary alicyclic amines) is 1. The molecule has 1 saturated heterocycles. The number of hydrogen-bond donors (Lipinski definition) is 0. The first-order valence-electron chi connectivity index (χ1n) is 9.23. The van der Waals surface area contributed by atoms with Crippen LogP contribution in [0.5, 0.6) is 0 Å². The van der Waals surface area contributed by atoms with Gasteiger partial charge in [-0.3, -0.25) is 9.69 Å². The van der Waals surface area contributed by atoms with Crippen molar-refractivity contribution < 1.29 is 13.8 Å². The Hall–Kier alpha value is -2.22. The Morgan fingerprint density at radius 3 is 2.73 bits per heavy atom. The highest BCUT2D eigenvalue weighted by Crippen LogP contribution is 2.22. The van der Waals surface area contributed by atoms with Crippen LogP contribution < -0.4 is 0 Å². The Kier molecular flexibility index (Phi) is 5.70. The van der Waals surface area contributed by atoms with Gasteiger partial charge in [-0.15, -0.1) is 0 Å². The third-order valence-electron chi connectivity index (χ3n) is 5.04. The van der Waals surface area contributed by atoms with Crippen LogP contribution in [0.15, 0.2) is 9.05 Å². The summed E-state index contributed by atoms with van der Waals surface area (Å²) in [5.41, 5.74) is 1.32. The van der Waals surface area contributed by atoms with Crippen LogP contribution in [-0.2, 0) is 13.0 Å². The standard InChI is InChI=1S/C18H27N5O3/c1-5-15-17(12(2)20-26-15)18(24)23-9-6-7-14(8-10-23)22(4)11-16-19-13(3)25-21-16/h14H,5-11H2,1-4H3/t14-/m1/s1. The molecule has 0 bridgehead atoms. The Labute approximate surface area is 153 Å². The molecule has 3 heterocycles. The van der Waals surface area contributed by atoms with Crippen LogP contribution in [0.4, 0.5) is 0 Å². The molecule has 2 aromatic heterocycles. The second-order valence-corrected chi connectivity index (χ2v) is 6.94. The number of amides is 1. The Morgan fingerprint density at radius 2 is 2.04 bits per heavy atom. The summed E-state index contributed by atoms with van der Waals surface area (Å²) in [4.78, 5) is 21.4. The lowest BCUT2D eigenvalue weighted by molar-refractivity contribution is 0.0754. The van der Waals surface area contributed by atoms with Crippen molar-refractivity contribution in [1.29, 1.82) is 0 Å². The highest BCUT2D eigenvalue weighted by molar-refractivity contribution is 5.96. The molecule has 0 unspecified atom stereocenters. The Bertz CT molecular complexity index is 754. The normalized spacial score (nSPS) is 18.3. The third kappa shape index (κ3) is 3.95. The average molecular weight is 361 g/mol. The highest BCUT2D eigenvalue weighted by Gasteiger charge is 2.28. The number of rotatable bonds is 5. The zero-order valence-corrected chi connectivity index (χ0v) is 16.0. The monoisotopic (exact) mass is 361 g/mol. The summed E-state index contributed by atoms with van der Waals surface area (Å²) < 4.78 is 10.3. The number of carbonyl (C=O) groups excluding carboxylic acids is 1. The van der Waals surface area contributed by atoms with Gasteiger partial charge in [-0.25, -0.2) is 0 Å². The zero-order chi connectivity index (χ0) is 18.7. The molecule has 0 aliphatic carbocycles. The number of aromatic nitrogens is 3. The molecular weight excluding hydrogens is 334 g/mol. The molecular formula is C18H27N5O3. The molecule has 142 valence electrons. The predicted octanol–water partition coefficient (Wildman–Crippen LogP) is 2.36. The smallest absolute Gasteiger partial charge is 0.259 e. The van der Waals surface area contributed by atoms with Crippen molar-refractivity contribution in [3.8, 4) is 0 Å². The van der Waals surface area contributed by atoms with Crippen molar-refractivity contribution in [3.05, 3.63) is 28.7 Å². The first kappa shape index (κ1) is 18.6. The van der Waals surface area contributed by atoms with E-state index in [0.717, 1.165) is 32.4 Å². The summed E-state index contributed by atoms with van der Waals surface area (Å²) in [6.45, 7) is 7.75. The zero-order valence-electron chi connectivity index (χ0n) is 16.0. The summed E-state index contributed by atoms with van der Waals surface area (Å²) in [7, 11) is 2.08. The van der Waals surface area contributed by atoms with Gasteiger partial charge in [-0.1, -0.05) is 17.2 Å². The topological polar surface area (TPSA) is 88.5 Å². The van der Waals surface area contributed by atoms with Crippen molar-refractivity contribution in [3.63, 3.8) is 0 Å². The molecule has 0 spiro atoms. The first-order chi connectivity index (χ1) is 12.5. The van der Waals surface area contributed by atoms with Gasteiger partial charge < -0.3 is 13.9 Å². The van der Waals surface area contributed by atoms with Crippen LogP contribution in [0.3, 0.4) is 0 Å². The van der Waals surface area contributed by atoms with Crippen molar-refractivity contribution >= 4 is 5.91 Å². The van der Waals surface area contributed by atoms with Gasteiger partial charge in [0.15, 0.2) is 5.82 Å². The number of nitrogens with zero attached hydrogens (tertiary/aromatic N) is 5. The summed E-state index contributed by atoms with van der Waals surface area (Å²) in [5, 5.41) is 7.94. The summed E-state index contributed by atoms with van der Waals surface area (Å²) in [5.74, 6) is 2.01. The maximum absolute atomic E-state index is 13.0. The van der Waals surface area contributed by atoms with E-state index in [1.165, 1.54) is 0 Å². The predicted molar refractivity (Wildman–Crippen MR) is 94.7 cm³/mol. The molecule has 2 aromatic rings. The maximum atomic E-state index is 13.0. The maximum Gasteiger partial charge on any atom is 0.259 e. The fraction of sp³-hybridized carbons (Fsp3) is 0.667. The van der Waals surface area contributed by atoms with E-state index in [2.05, 4.69) is 27.2 Å². The van der Waals surface area contributed by atoms with Gasteiger partial charge in [0.1, 0.15) is 11.3 Å². The number of aryl methyl sites for hydroxylation is 3. The molecule has 1 aliphatic rings. The van der Waals surface area contributed by atoms with Crippen molar-refractivity contribution in [2.24, 2.45) is 0 Å². The molecule has 0 aromatic carbocycles. The number of hydrogen-bond acceptors (Lipinski definition) is 7. The molecule has 1 atom stereocenters. The van der Waals surface area contributed by atoms with E-state index in [1.807, 2.05) is 18.7 Å². The molecule has 8 heteroatoms. The van der Waals surface area contributed by atoms with E-state index in [0.29, 0.717) is 47.7 Å². The fourth-order valence-corrected chi connectivity index (χ4v) is 3.57. The molecule has 1 aliphatic heterocycles. The largest absolute Gasteiger partial charge is 0.360 e. The lowest BCUT2D eigenvalue weighted by atomic mass is 10.1. The van der Waals surface area contributed by atoms with Crippen molar-refractivity contribution in [1.82, 2.24) is 25.1 Å². The van der Waals surface area contributed by atoms with Crippen molar-refractivity contribution in [2.45, 2.75) is 59.0 Å². The summed E-state index contributed by atoms with van der Waals surface area (Å²) in [6, 6.07) is 0.390. The van der Waals surface area contributed by atoms with Crippen molar-refractivity contribution in [2.75, 3.05) is 20.1 Å². The molecule has 1 amide bonds. The molecule has 26 heavy (non-hydrogen) atoms. The third-order valence-corrected chi connectivity index (χ3v) is 5.04. The minimum Gasteiger partial charge on any atom is -0.360 e. The van der Waals surface area contributed by atoms with Crippen LogP contribution in [0.25, 0.3) is 0 Å². The Balaban J connectivity index is 1.62. The van der Waals surface area contributed by atoms with Gasteiger partial charge >= 0.3 is 0 Å². The lowest BCUT2D eigenvalue weighted by Crippen LogP contribution is -2.35. The fourth-order valence-electron chi connectivity index (χ4n) is 3.57. The van der Waals surface area contributed by atoms with E-state index in [-0.39, 0.29) is 5.91 Å². The molecule has 1 fully saturated rings. The van der Waals surface area contributed by atoms with E-state index < -0.39 is 0 Å². The minimum absolute atomic E-state index is 0.0395. The van der Waals surface area contributed by atoms with E-state index in [1.54, 1.807) is 6.92 Å². The summed E-state index contributed by atoms with van der Waals surface area (Å²) >= 11 is 0. The van der Waals surface area contributed by atoms with E-state index >= 15 is 0 Å². The van der Waals surface area contributed by atoms with E-state index in [4.69, 9.17) is 9.05 Å². The molecule has 0 saturated carbocycles. The SMILES string of the molecule is CCc1onc(C)c1C(=O)N1CCC[C@@H](N(C)Cc2noc(C)n2)CC1. The van der Waals surface area contributed by atoms with Crippen LogP contribution in [0, 0.1) is 13.8 Å². The quantitative estimate of drug-likeness (QED) is 0.807. The van der Waals surface area contributed by atoms with Gasteiger partial charge in [0.2, 0.25) is 5.89 Å². The lowest BCUT2D eigenvalue weighted by Gasteiger charge is -2.26. The van der Waals surface area contributed by atoms with Crippen LogP contribution >= 0.6 is 0 Å². The highest BCUT2D eigenvalue weighted by atomic mass is 16.5. The average Bonchev–Trinajstić information content (AvgIpc) is 3.09. The van der Waals surface area contributed by atoms with Crippen LogP contribution in [0.1, 0.15) is 59.7 Å². The number of carbonyl (C=O) groups is 1. The molecule has 3 rings (SSSR count). The van der Waals surface area contributed by atoms with Crippen LogP contribution in [0.2, 0.25) is 0 Å². The summed E-state index contributed by atoms with van der Waals surface area (Å²) in [6.07, 6.45) is 3.61. The Morgan fingerprint density at radius 1 is 1.23 bits per heavy atom. The van der Waals surface area contributed by atoms with E-state index in [9.17, 15) is 4.79 Å². The van der Waals surface area contributed by atoms with Crippen LogP contribution in [-0.4, -0.2) is 57.2 Å². The van der Waals surface area contributed by atoms with Gasteiger partial charge in [-0.2, -0.15) is 4.98 Å². The van der Waals surface area contributed by atoms with Gasteiger partial charge in [0, 0.05) is 32.5 Å².